The molecule has 0 N–H and O–H groups in total. The van der Waals surface area contributed by atoms with Crippen molar-refractivity contribution < 1.29 is 9.59 Å². The zero-order valence-electron chi connectivity index (χ0n) is 11.4. The Hall–Kier alpha value is -2.41. The molecular formula is C17H14N2O2. The van der Waals surface area contributed by atoms with E-state index in [0.29, 0.717) is 12.1 Å². The normalized spacial score (nSPS) is 32.6. The van der Waals surface area contributed by atoms with Crippen LogP contribution in [0.3, 0.4) is 0 Å². The van der Waals surface area contributed by atoms with Crippen LogP contribution in [0.4, 0.5) is 5.69 Å². The minimum Gasteiger partial charge on any atom is -0.274 e. The average Bonchev–Trinajstić information content (AvgIpc) is 3.15. The number of hydrogen-bond acceptors (Lipinski definition) is 3. The Morgan fingerprint density at radius 3 is 2.14 bits per heavy atom. The summed E-state index contributed by atoms with van der Waals surface area (Å²) in [5.41, 5.74) is 1.52. The molecule has 4 atom stereocenters. The summed E-state index contributed by atoms with van der Waals surface area (Å²) in [6.45, 7) is 0. The number of rotatable bonds is 2. The van der Waals surface area contributed by atoms with Crippen molar-refractivity contribution in [1.82, 2.24) is 0 Å². The Balaban J connectivity index is 1.66. The smallest absolute Gasteiger partial charge is 0.238 e. The highest BCUT2D eigenvalue weighted by Crippen LogP contribution is 2.53. The zero-order chi connectivity index (χ0) is 14.6. The molecule has 2 bridgehead atoms. The molecule has 4 rings (SSSR count). The molecule has 2 fully saturated rings. The third-order valence-corrected chi connectivity index (χ3v) is 4.95. The topological polar surface area (TPSA) is 61.2 Å². The summed E-state index contributed by atoms with van der Waals surface area (Å²) < 4.78 is 0. The highest BCUT2D eigenvalue weighted by Gasteiger charge is 2.59. The van der Waals surface area contributed by atoms with Crippen molar-refractivity contribution in [1.29, 1.82) is 5.26 Å². The first-order chi connectivity index (χ1) is 10.2. The van der Waals surface area contributed by atoms with Crippen molar-refractivity contribution in [3.05, 3.63) is 42.0 Å². The molecule has 0 radical (unpaired) electrons. The van der Waals surface area contributed by atoms with Crippen molar-refractivity contribution in [2.75, 3.05) is 4.90 Å². The van der Waals surface area contributed by atoms with Crippen LogP contribution in [0.5, 0.6) is 0 Å². The molecule has 1 saturated heterocycles. The molecule has 4 unspecified atom stereocenters. The van der Waals surface area contributed by atoms with E-state index >= 15 is 0 Å². The maximum absolute atomic E-state index is 12.6. The largest absolute Gasteiger partial charge is 0.274 e. The maximum atomic E-state index is 12.6. The van der Waals surface area contributed by atoms with E-state index in [4.69, 9.17) is 5.26 Å². The highest BCUT2D eigenvalue weighted by atomic mass is 16.2. The fourth-order valence-corrected chi connectivity index (χ4v) is 4.01. The summed E-state index contributed by atoms with van der Waals surface area (Å²) in [6.07, 6.45) is 5.47. The second-order valence-electron chi connectivity index (χ2n) is 6.01. The van der Waals surface area contributed by atoms with Gasteiger partial charge in [-0.15, -0.1) is 0 Å². The molecule has 4 nitrogen and oxygen atoms in total. The Kier molecular flexibility index (Phi) is 2.52. The van der Waals surface area contributed by atoms with E-state index in [2.05, 4.69) is 18.2 Å². The van der Waals surface area contributed by atoms with Crippen LogP contribution in [0.15, 0.2) is 36.4 Å². The van der Waals surface area contributed by atoms with Crippen molar-refractivity contribution in [2.45, 2.75) is 12.8 Å². The number of fused-ring (bicyclic) bond motifs is 5. The third kappa shape index (κ3) is 1.61. The number of benzene rings is 1. The average molecular weight is 278 g/mol. The molecule has 3 aliphatic rings. The number of anilines is 1. The van der Waals surface area contributed by atoms with Crippen LogP contribution < -0.4 is 4.90 Å². The van der Waals surface area contributed by atoms with Crippen molar-refractivity contribution >= 4 is 17.5 Å². The van der Waals surface area contributed by atoms with E-state index in [-0.39, 0.29) is 35.5 Å². The predicted molar refractivity (Wildman–Crippen MR) is 76.0 cm³/mol. The summed E-state index contributed by atoms with van der Waals surface area (Å²) in [7, 11) is 0. The second kappa shape index (κ2) is 4.29. The SMILES string of the molecule is N#CCc1ccc(N2C(=O)C3C4C=CC(C4)C3C2=O)cc1. The van der Waals surface area contributed by atoms with Gasteiger partial charge in [-0.3, -0.25) is 14.5 Å². The molecule has 0 spiro atoms. The number of imide groups is 1. The minimum atomic E-state index is -0.161. The van der Waals surface area contributed by atoms with Gasteiger partial charge in [0.05, 0.1) is 30.0 Å². The first-order valence-corrected chi connectivity index (χ1v) is 7.22. The molecule has 104 valence electrons. The highest BCUT2D eigenvalue weighted by molar-refractivity contribution is 6.22. The second-order valence-corrected chi connectivity index (χ2v) is 6.01. The van der Waals surface area contributed by atoms with Crippen LogP contribution in [-0.4, -0.2) is 11.8 Å². The number of amides is 2. The number of nitrogens with zero attached hydrogens (tertiary/aromatic N) is 2. The molecule has 2 aliphatic carbocycles. The van der Waals surface area contributed by atoms with Crippen LogP contribution in [0.2, 0.25) is 0 Å². The van der Waals surface area contributed by atoms with E-state index in [1.54, 1.807) is 24.3 Å². The quantitative estimate of drug-likeness (QED) is 0.614. The number of carbonyl (C=O) groups is 2. The molecule has 0 aromatic heterocycles. The zero-order valence-corrected chi connectivity index (χ0v) is 11.4. The standard InChI is InChI=1S/C17H14N2O2/c18-8-7-10-1-5-13(6-2-10)19-16(20)14-11-3-4-12(9-11)15(14)17(19)21/h1-6,11-12,14-15H,7,9H2. The maximum Gasteiger partial charge on any atom is 0.238 e. The van der Waals surface area contributed by atoms with Gasteiger partial charge in [0.2, 0.25) is 11.8 Å². The Labute approximate surface area is 122 Å². The van der Waals surface area contributed by atoms with Crippen LogP contribution in [-0.2, 0) is 16.0 Å². The molecule has 1 saturated carbocycles. The molecular weight excluding hydrogens is 264 g/mol. The van der Waals surface area contributed by atoms with Gasteiger partial charge >= 0.3 is 0 Å². The van der Waals surface area contributed by atoms with Crippen LogP contribution in [0.1, 0.15) is 12.0 Å². The number of hydrogen-bond donors (Lipinski definition) is 0. The summed E-state index contributed by atoms with van der Waals surface area (Å²) in [5, 5.41) is 8.68. The van der Waals surface area contributed by atoms with Gasteiger partial charge in [0, 0.05) is 0 Å². The first kappa shape index (κ1) is 12.3. The lowest BCUT2D eigenvalue weighted by Crippen LogP contribution is -2.32. The monoisotopic (exact) mass is 278 g/mol. The minimum absolute atomic E-state index is 0.0603. The lowest BCUT2D eigenvalue weighted by atomic mass is 9.85. The van der Waals surface area contributed by atoms with Gasteiger partial charge in [-0.1, -0.05) is 24.3 Å². The molecule has 21 heavy (non-hydrogen) atoms. The van der Waals surface area contributed by atoms with Gasteiger partial charge < -0.3 is 0 Å². The molecule has 1 heterocycles. The van der Waals surface area contributed by atoms with Crippen molar-refractivity contribution in [3.63, 3.8) is 0 Å². The van der Waals surface area contributed by atoms with Gasteiger partial charge in [-0.05, 0) is 36.0 Å². The summed E-state index contributed by atoms with van der Waals surface area (Å²) in [6, 6.07) is 9.22. The van der Waals surface area contributed by atoms with Gasteiger partial charge in [0.1, 0.15) is 0 Å². The van der Waals surface area contributed by atoms with E-state index in [1.807, 2.05) is 0 Å². The summed E-state index contributed by atoms with van der Waals surface area (Å²) in [5.74, 6) is 0.0287. The molecule has 1 aromatic rings. The molecule has 4 heteroatoms. The van der Waals surface area contributed by atoms with Crippen LogP contribution >= 0.6 is 0 Å². The fraction of sp³-hybridized carbons (Fsp3) is 0.353. The fourth-order valence-electron chi connectivity index (χ4n) is 4.01. The Morgan fingerprint density at radius 2 is 1.62 bits per heavy atom. The summed E-state index contributed by atoms with van der Waals surface area (Å²) >= 11 is 0. The molecule has 2 amide bonds. The predicted octanol–water partition coefficient (Wildman–Crippen LogP) is 2.06. The van der Waals surface area contributed by atoms with Gasteiger partial charge in [-0.2, -0.15) is 5.26 Å². The number of allylic oxidation sites excluding steroid dienone is 2. The molecule has 1 aliphatic heterocycles. The summed E-state index contributed by atoms with van der Waals surface area (Å²) in [4.78, 5) is 26.6. The van der Waals surface area contributed by atoms with E-state index in [1.165, 1.54) is 4.90 Å². The third-order valence-electron chi connectivity index (χ3n) is 4.95. The van der Waals surface area contributed by atoms with Crippen molar-refractivity contribution in [2.24, 2.45) is 23.7 Å². The first-order valence-electron chi connectivity index (χ1n) is 7.22. The van der Waals surface area contributed by atoms with E-state index in [9.17, 15) is 9.59 Å². The number of carbonyl (C=O) groups excluding carboxylic acids is 2. The molecule has 1 aromatic carbocycles. The Bertz CT molecular complexity index is 668. The lowest BCUT2D eigenvalue weighted by Gasteiger charge is -2.17. The van der Waals surface area contributed by atoms with Gasteiger partial charge in [0.15, 0.2) is 0 Å². The van der Waals surface area contributed by atoms with Gasteiger partial charge in [-0.25, -0.2) is 0 Å². The van der Waals surface area contributed by atoms with E-state index < -0.39 is 0 Å². The number of nitriles is 1. The van der Waals surface area contributed by atoms with Gasteiger partial charge in [0.25, 0.3) is 0 Å². The van der Waals surface area contributed by atoms with Crippen LogP contribution in [0.25, 0.3) is 0 Å². The van der Waals surface area contributed by atoms with Crippen molar-refractivity contribution in [3.8, 4) is 6.07 Å². The van der Waals surface area contributed by atoms with E-state index in [0.717, 1.165) is 12.0 Å². The Morgan fingerprint density at radius 1 is 1.05 bits per heavy atom. The lowest BCUT2D eigenvalue weighted by molar-refractivity contribution is -0.123. The van der Waals surface area contributed by atoms with Crippen LogP contribution in [0, 0.1) is 35.0 Å².